The molecule has 1 aromatic rings. The first-order valence-corrected chi connectivity index (χ1v) is 6.15. The van der Waals surface area contributed by atoms with E-state index in [4.69, 9.17) is 7.10 Å². The Kier molecular flexibility index (Phi) is 2.07. The highest BCUT2D eigenvalue weighted by Gasteiger charge is 2.32. The van der Waals surface area contributed by atoms with Crippen LogP contribution in [-0.2, 0) is 11.2 Å². The number of carbonyl (C=O) groups excluding carboxylic acids is 1. The van der Waals surface area contributed by atoms with Gasteiger partial charge in [0.15, 0.2) is 0 Å². The Bertz CT molecular complexity index is 576. The molecule has 1 amide bonds. The van der Waals surface area contributed by atoms with Gasteiger partial charge < -0.3 is 5.73 Å². The molecule has 0 radical (unpaired) electrons. The number of allylic oxidation sites excluding steroid dienone is 1. The minimum Gasteiger partial charge on any atom is -0.369 e. The number of primary amides is 1. The summed E-state index contributed by atoms with van der Waals surface area (Å²) in [5.74, 6) is -1.68. The summed E-state index contributed by atoms with van der Waals surface area (Å²) >= 11 is 0. The Balaban J connectivity index is 2.15. The smallest absolute Gasteiger partial charge is 0.224 e. The van der Waals surface area contributed by atoms with Gasteiger partial charge in [0.25, 0.3) is 0 Å². The van der Waals surface area contributed by atoms with Gasteiger partial charge in [0.1, 0.15) is 0 Å². The van der Waals surface area contributed by atoms with E-state index in [-0.39, 0.29) is 0 Å². The molecule has 2 heteroatoms. The number of amides is 1. The second-order valence-corrected chi connectivity index (χ2v) is 4.99. The summed E-state index contributed by atoms with van der Waals surface area (Å²) in [6, 6.07) is 6.38. The molecule has 0 saturated carbocycles. The van der Waals surface area contributed by atoms with Crippen LogP contribution in [0, 0.1) is 12.8 Å². The molecule has 0 aliphatic heterocycles. The fourth-order valence-electron chi connectivity index (χ4n) is 3.02. The standard InChI is InChI=1S/C15H17NO/c1-9-5-6-10-8-14-11(13(10)7-9)3-2-4-12(14)15(16)17/h5-7,12H,2-4,8H2,1H3,(H2,16,17)/t12-/m1/s1/i12D. The molecule has 0 heterocycles. The number of carbonyl (C=O) groups is 1. The Hall–Kier alpha value is -1.57. The topological polar surface area (TPSA) is 43.1 Å². The maximum atomic E-state index is 11.6. The molecule has 1 aromatic carbocycles. The lowest BCUT2D eigenvalue weighted by atomic mass is 9.82. The normalized spacial score (nSPS) is 27.5. The molecule has 0 bridgehead atoms. The SMILES string of the molecule is [2H][C@@]1(C(N)=O)CCCC2=C1Cc1ccc(C)cc12. The van der Waals surface area contributed by atoms with Gasteiger partial charge in [-0.15, -0.1) is 0 Å². The Labute approximate surface area is 103 Å². The van der Waals surface area contributed by atoms with Crippen LogP contribution in [0.1, 0.15) is 37.3 Å². The molecule has 88 valence electrons. The van der Waals surface area contributed by atoms with Gasteiger partial charge >= 0.3 is 0 Å². The van der Waals surface area contributed by atoms with Crippen molar-refractivity contribution in [1.82, 2.24) is 0 Å². The van der Waals surface area contributed by atoms with Crippen LogP contribution in [0.25, 0.3) is 5.57 Å². The molecule has 0 saturated heterocycles. The van der Waals surface area contributed by atoms with Gasteiger partial charge in [-0.2, -0.15) is 0 Å². The van der Waals surface area contributed by atoms with Gasteiger partial charge in [0.05, 0.1) is 5.89 Å². The molecule has 0 spiro atoms. The number of hydrogen-bond acceptors (Lipinski definition) is 1. The van der Waals surface area contributed by atoms with Crippen LogP contribution in [0.3, 0.4) is 0 Å². The molecule has 3 rings (SSSR count). The van der Waals surface area contributed by atoms with Crippen molar-refractivity contribution < 1.29 is 6.17 Å². The number of aryl methyl sites for hydroxylation is 1. The number of benzene rings is 1. The monoisotopic (exact) mass is 228 g/mol. The molecule has 0 fully saturated rings. The Morgan fingerprint density at radius 1 is 1.53 bits per heavy atom. The summed E-state index contributed by atoms with van der Waals surface area (Å²) in [6.07, 6.45) is 3.13. The predicted molar refractivity (Wildman–Crippen MR) is 68.3 cm³/mol. The second kappa shape index (κ2) is 3.73. The van der Waals surface area contributed by atoms with Crippen LogP contribution in [-0.4, -0.2) is 5.91 Å². The predicted octanol–water partition coefficient (Wildman–Crippen LogP) is 2.59. The first kappa shape index (κ1) is 9.46. The summed E-state index contributed by atoms with van der Waals surface area (Å²) in [6.45, 7) is 2.07. The van der Waals surface area contributed by atoms with Crippen LogP contribution < -0.4 is 5.73 Å². The van der Waals surface area contributed by atoms with E-state index in [1.54, 1.807) is 0 Å². The van der Waals surface area contributed by atoms with Crippen LogP contribution in [0.2, 0.25) is 0 Å². The lowest BCUT2D eigenvalue weighted by molar-refractivity contribution is -0.121. The average Bonchev–Trinajstić information content (AvgIpc) is 2.69. The van der Waals surface area contributed by atoms with E-state index in [9.17, 15) is 4.79 Å². The number of rotatable bonds is 1. The molecule has 2 aliphatic rings. The Morgan fingerprint density at radius 3 is 3.12 bits per heavy atom. The lowest BCUT2D eigenvalue weighted by Crippen LogP contribution is -2.27. The second-order valence-electron chi connectivity index (χ2n) is 4.99. The highest BCUT2D eigenvalue weighted by Crippen LogP contribution is 2.44. The zero-order valence-corrected chi connectivity index (χ0v) is 10.0. The highest BCUT2D eigenvalue weighted by molar-refractivity contribution is 5.87. The third-order valence-electron chi connectivity index (χ3n) is 3.84. The molecule has 17 heavy (non-hydrogen) atoms. The van der Waals surface area contributed by atoms with Gasteiger partial charge in [-0.3, -0.25) is 4.79 Å². The van der Waals surface area contributed by atoms with Gasteiger partial charge in [-0.25, -0.2) is 0 Å². The molecule has 1 atom stereocenters. The highest BCUT2D eigenvalue weighted by atomic mass is 16.1. The van der Waals surface area contributed by atoms with Crippen molar-refractivity contribution in [1.29, 1.82) is 0 Å². The zero-order chi connectivity index (χ0) is 12.9. The van der Waals surface area contributed by atoms with Crippen molar-refractivity contribution in [3.8, 4) is 0 Å². The first-order chi connectivity index (χ1) is 8.52. The fourth-order valence-corrected chi connectivity index (χ4v) is 3.02. The minimum atomic E-state index is -1.18. The van der Waals surface area contributed by atoms with Crippen LogP contribution in [0.5, 0.6) is 0 Å². The van der Waals surface area contributed by atoms with Crippen molar-refractivity contribution in [2.45, 2.75) is 32.6 Å². The average molecular weight is 228 g/mol. The summed E-state index contributed by atoms with van der Waals surface area (Å²) in [5.41, 5.74) is 11.3. The maximum absolute atomic E-state index is 11.6. The molecular weight excluding hydrogens is 210 g/mol. The number of fused-ring (bicyclic) bond motifs is 2. The van der Waals surface area contributed by atoms with E-state index in [0.717, 1.165) is 24.8 Å². The van der Waals surface area contributed by atoms with E-state index < -0.39 is 11.8 Å². The molecule has 2 nitrogen and oxygen atoms in total. The van der Waals surface area contributed by atoms with Crippen LogP contribution in [0.4, 0.5) is 0 Å². The largest absolute Gasteiger partial charge is 0.369 e. The van der Waals surface area contributed by atoms with Crippen LogP contribution in [0.15, 0.2) is 23.8 Å². The summed E-state index contributed by atoms with van der Waals surface area (Å²) in [7, 11) is 0. The van der Waals surface area contributed by atoms with E-state index >= 15 is 0 Å². The fraction of sp³-hybridized carbons (Fsp3) is 0.400. The van der Waals surface area contributed by atoms with E-state index in [1.807, 2.05) is 0 Å². The van der Waals surface area contributed by atoms with Crippen molar-refractivity contribution >= 4 is 11.5 Å². The molecule has 2 N–H and O–H groups in total. The maximum Gasteiger partial charge on any atom is 0.224 e. The van der Waals surface area contributed by atoms with Gasteiger partial charge in [-0.1, -0.05) is 23.8 Å². The van der Waals surface area contributed by atoms with Crippen molar-refractivity contribution in [3.63, 3.8) is 0 Å². The van der Waals surface area contributed by atoms with Crippen molar-refractivity contribution in [2.24, 2.45) is 11.6 Å². The quantitative estimate of drug-likeness (QED) is 0.788. The van der Waals surface area contributed by atoms with E-state index in [2.05, 4.69) is 25.1 Å². The molecule has 0 aromatic heterocycles. The summed E-state index contributed by atoms with van der Waals surface area (Å²) in [4.78, 5) is 11.6. The van der Waals surface area contributed by atoms with Crippen molar-refractivity contribution in [2.75, 3.05) is 0 Å². The molecule has 0 unspecified atom stereocenters. The van der Waals surface area contributed by atoms with E-state index in [0.29, 0.717) is 6.42 Å². The van der Waals surface area contributed by atoms with Gasteiger partial charge in [0.2, 0.25) is 5.91 Å². The minimum absolute atomic E-state index is 0.501. The summed E-state index contributed by atoms with van der Waals surface area (Å²) < 4.78 is 8.40. The van der Waals surface area contributed by atoms with Crippen molar-refractivity contribution in [3.05, 3.63) is 40.5 Å². The number of hydrogen-bond donors (Lipinski definition) is 1. The zero-order valence-electron chi connectivity index (χ0n) is 11.0. The van der Waals surface area contributed by atoms with Gasteiger partial charge in [0, 0.05) is 1.37 Å². The van der Waals surface area contributed by atoms with Gasteiger partial charge in [-0.05, 0) is 54.9 Å². The lowest BCUT2D eigenvalue weighted by Gasteiger charge is -2.22. The van der Waals surface area contributed by atoms with Crippen LogP contribution >= 0.6 is 0 Å². The third kappa shape index (κ3) is 1.59. The number of nitrogens with two attached hydrogens (primary N) is 1. The first-order valence-electron chi connectivity index (χ1n) is 6.65. The third-order valence-corrected chi connectivity index (χ3v) is 3.84. The van der Waals surface area contributed by atoms with E-state index in [1.165, 1.54) is 22.3 Å². The molecule has 2 aliphatic carbocycles. The summed E-state index contributed by atoms with van der Waals surface area (Å²) in [5, 5.41) is 0. The Morgan fingerprint density at radius 2 is 2.35 bits per heavy atom. The molecular formula is C15H17NO.